The van der Waals surface area contributed by atoms with Crippen LogP contribution in [0.2, 0.25) is 0 Å². The van der Waals surface area contributed by atoms with Crippen LogP contribution in [0.5, 0.6) is 0 Å². The fourth-order valence-corrected chi connectivity index (χ4v) is 2.31. The van der Waals surface area contributed by atoms with Crippen molar-refractivity contribution in [1.82, 2.24) is 14.7 Å². The fraction of sp³-hybridized carbons (Fsp3) is 0.438. The normalized spacial score (nSPS) is 11.2. The molecule has 0 bridgehead atoms. The molecule has 1 heterocycles. The van der Waals surface area contributed by atoms with Crippen LogP contribution in [0.1, 0.15) is 17.5 Å². The topological polar surface area (TPSA) is 47.1 Å². The van der Waals surface area contributed by atoms with E-state index in [0.29, 0.717) is 0 Å². The van der Waals surface area contributed by atoms with E-state index in [-0.39, 0.29) is 0 Å². The number of rotatable bonds is 8. The number of aryl methyl sites for hydroxylation is 1. The quantitative estimate of drug-likeness (QED) is 0.797. The van der Waals surface area contributed by atoms with Gasteiger partial charge in [0.2, 0.25) is 0 Å². The lowest BCUT2D eigenvalue weighted by Gasteiger charge is -2.22. The zero-order chi connectivity index (χ0) is 14.2. The molecule has 1 aromatic carbocycles. The Hall–Kier alpha value is -1.65. The number of nitrogens with zero attached hydrogens (tertiary/aromatic N) is 3. The Balaban J connectivity index is 1.89. The molecular formula is C16H24N4. The monoisotopic (exact) mass is 272 g/mol. The Morgan fingerprint density at radius 1 is 1.15 bits per heavy atom. The molecule has 2 aromatic rings. The van der Waals surface area contributed by atoms with Gasteiger partial charge in [-0.25, -0.2) is 0 Å². The van der Waals surface area contributed by atoms with Crippen molar-refractivity contribution in [2.24, 2.45) is 12.8 Å². The van der Waals surface area contributed by atoms with E-state index in [2.05, 4.69) is 46.5 Å². The standard InChI is InChI=1S/C16H24N4/c1-19-13-16(12-18-19)8-11-20(10-5-9-17)14-15-6-3-2-4-7-15/h2-4,6-7,12-13H,5,8-11,14,17H2,1H3. The highest BCUT2D eigenvalue weighted by Crippen LogP contribution is 2.07. The molecule has 2 N–H and O–H groups in total. The van der Waals surface area contributed by atoms with E-state index in [9.17, 15) is 0 Å². The first-order chi connectivity index (χ1) is 9.78. The average molecular weight is 272 g/mol. The van der Waals surface area contributed by atoms with Crippen LogP contribution in [0.4, 0.5) is 0 Å². The summed E-state index contributed by atoms with van der Waals surface area (Å²) >= 11 is 0. The molecule has 0 radical (unpaired) electrons. The molecule has 0 aliphatic heterocycles. The highest BCUT2D eigenvalue weighted by atomic mass is 15.2. The van der Waals surface area contributed by atoms with Gasteiger partial charge in [0, 0.05) is 26.3 Å². The molecule has 0 aliphatic carbocycles. The molecule has 20 heavy (non-hydrogen) atoms. The molecule has 0 aliphatic rings. The summed E-state index contributed by atoms with van der Waals surface area (Å²) in [5.41, 5.74) is 8.29. The van der Waals surface area contributed by atoms with Gasteiger partial charge in [0.1, 0.15) is 0 Å². The van der Waals surface area contributed by atoms with Crippen molar-refractivity contribution >= 4 is 0 Å². The number of aromatic nitrogens is 2. The van der Waals surface area contributed by atoms with Gasteiger partial charge in [-0.1, -0.05) is 30.3 Å². The minimum absolute atomic E-state index is 0.748. The van der Waals surface area contributed by atoms with Gasteiger partial charge in [-0.2, -0.15) is 5.10 Å². The van der Waals surface area contributed by atoms with Gasteiger partial charge < -0.3 is 5.73 Å². The van der Waals surface area contributed by atoms with Crippen molar-refractivity contribution in [3.8, 4) is 0 Å². The zero-order valence-electron chi connectivity index (χ0n) is 12.2. The molecule has 4 nitrogen and oxygen atoms in total. The molecule has 0 saturated carbocycles. The third-order valence-electron chi connectivity index (χ3n) is 3.40. The molecule has 0 amide bonds. The van der Waals surface area contributed by atoms with Crippen molar-refractivity contribution in [3.63, 3.8) is 0 Å². The van der Waals surface area contributed by atoms with Crippen LogP contribution in [0.25, 0.3) is 0 Å². The Morgan fingerprint density at radius 2 is 1.95 bits per heavy atom. The van der Waals surface area contributed by atoms with E-state index >= 15 is 0 Å². The summed E-state index contributed by atoms with van der Waals surface area (Å²) in [6, 6.07) is 10.6. The maximum atomic E-state index is 5.64. The van der Waals surface area contributed by atoms with Crippen LogP contribution in [0.3, 0.4) is 0 Å². The van der Waals surface area contributed by atoms with Gasteiger partial charge in [0.05, 0.1) is 6.20 Å². The predicted octanol–water partition coefficient (Wildman–Crippen LogP) is 1.81. The van der Waals surface area contributed by atoms with Crippen LogP contribution >= 0.6 is 0 Å². The molecule has 2 rings (SSSR count). The lowest BCUT2D eigenvalue weighted by molar-refractivity contribution is 0.267. The number of hydrogen-bond acceptors (Lipinski definition) is 3. The first-order valence-electron chi connectivity index (χ1n) is 7.22. The Labute approximate surface area is 121 Å². The summed E-state index contributed by atoms with van der Waals surface area (Å²) in [6.45, 7) is 3.82. The fourth-order valence-electron chi connectivity index (χ4n) is 2.31. The molecule has 0 unspecified atom stereocenters. The van der Waals surface area contributed by atoms with Crippen LogP contribution in [-0.4, -0.2) is 34.3 Å². The second kappa shape index (κ2) is 7.82. The molecule has 0 fully saturated rings. The van der Waals surface area contributed by atoms with E-state index in [1.54, 1.807) is 0 Å². The van der Waals surface area contributed by atoms with E-state index in [1.807, 2.05) is 17.9 Å². The van der Waals surface area contributed by atoms with Crippen molar-refractivity contribution in [3.05, 3.63) is 53.9 Å². The second-order valence-electron chi connectivity index (χ2n) is 5.18. The highest BCUT2D eigenvalue weighted by Gasteiger charge is 2.06. The molecule has 0 saturated heterocycles. The minimum atomic E-state index is 0.748. The molecule has 1 aromatic heterocycles. The van der Waals surface area contributed by atoms with E-state index < -0.39 is 0 Å². The molecule has 0 spiro atoms. The lowest BCUT2D eigenvalue weighted by atomic mass is 10.2. The average Bonchev–Trinajstić information content (AvgIpc) is 2.88. The largest absolute Gasteiger partial charge is 0.330 e. The summed E-state index contributed by atoms with van der Waals surface area (Å²) in [7, 11) is 1.96. The summed E-state index contributed by atoms with van der Waals surface area (Å²) in [5.74, 6) is 0. The second-order valence-corrected chi connectivity index (χ2v) is 5.18. The van der Waals surface area contributed by atoms with E-state index in [0.717, 1.165) is 39.0 Å². The van der Waals surface area contributed by atoms with Gasteiger partial charge in [-0.05, 0) is 37.1 Å². The predicted molar refractivity (Wildman–Crippen MR) is 82.3 cm³/mol. The summed E-state index contributed by atoms with van der Waals surface area (Å²) in [5, 5.41) is 4.22. The third-order valence-corrected chi connectivity index (χ3v) is 3.40. The minimum Gasteiger partial charge on any atom is -0.330 e. The first-order valence-corrected chi connectivity index (χ1v) is 7.22. The molecule has 4 heteroatoms. The van der Waals surface area contributed by atoms with Crippen molar-refractivity contribution in [2.75, 3.05) is 19.6 Å². The van der Waals surface area contributed by atoms with Crippen molar-refractivity contribution in [1.29, 1.82) is 0 Å². The Morgan fingerprint density at radius 3 is 2.60 bits per heavy atom. The Bertz CT molecular complexity index is 492. The van der Waals surface area contributed by atoms with Crippen molar-refractivity contribution < 1.29 is 0 Å². The van der Waals surface area contributed by atoms with Gasteiger partial charge in [-0.3, -0.25) is 9.58 Å². The van der Waals surface area contributed by atoms with Crippen molar-refractivity contribution in [2.45, 2.75) is 19.4 Å². The van der Waals surface area contributed by atoms with Gasteiger partial charge in [-0.15, -0.1) is 0 Å². The smallest absolute Gasteiger partial charge is 0.0522 e. The maximum absolute atomic E-state index is 5.64. The highest BCUT2D eigenvalue weighted by molar-refractivity contribution is 5.14. The number of benzene rings is 1. The molecule has 108 valence electrons. The summed E-state index contributed by atoms with van der Waals surface area (Å²) in [4.78, 5) is 2.47. The van der Waals surface area contributed by atoms with Gasteiger partial charge >= 0.3 is 0 Å². The van der Waals surface area contributed by atoms with Crippen LogP contribution < -0.4 is 5.73 Å². The van der Waals surface area contributed by atoms with Gasteiger partial charge in [0.25, 0.3) is 0 Å². The van der Waals surface area contributed by atoms with Crippen LogP contribution in [0, 0.1) is 0 Å². The van der Waals surface area contributed by atoms with Crippen LogP contribution in [0.15, 0.2) is 42.7 Å². The molecule has 0 atom stereocenters. The van der Waals surface area contributed by atoms with E-state index in [1.165, 1.54) is 11.1 Å². The number of nitrogens with two attached hydrogens (primary N) is 1. The zero-order valence-corrected chi connectivity index (χ0v) is 12.2. The SMILES string of the molecule is Cn1cc(CCN(CCCN)Cc2ccccc2)cn1. The molecular weight excluding hydrogens is 248 g/mol. The summed E-state index contributed by atoms with van der Waals surface area (Å²) in [6.07, 6.45) is 6.11. The van der Waals surface area contributed by atoms with Crippen LogP contribution in [-0.2, 0) is 20.0 Å². The third kappa shape index (κ3) is 4.79. The maximum Gasteiger partial charge on any atom is 0.0522 e. The number of hydrogen-bond donors (Lipinski definition) is 1. The Kier molecular flexibility index (Phi) is 5.77. The summed E-state index contributed by atoms with van der Waals surface area (Å²) < 4.78 is 1.86. The van der Waals surface area contributed by atoms with E-state index in [4.69, 9.17) is 5.73 Å². The van der Waals surface area contributed by atoms with Gasteiger partial charge in [0.15, 0.2) is 0 Å². The first kappa shape index (κ1) is 14.8. The lowest BCUT2D eigenvalue weighted by Crippen LogP contribution is -2.28.